The van der Waals surface area contributed by atoms with Crippen LogP contribution in [0, 0.1) is 0 Å². The smallest absolute Gasteiger partial charge is 0.171 e. The highest BCUT2D eigenvalue weighted by atomic mass is 19.4. The quantitative estimate of drug-likeness (QED) is 0.486. The van der Waals surface area contributed by atoms with Crippen molar-refractivity contribution >= 4 is 0 Å². The molecule has 0 aliphatic carbocycles. The van der Waals surface area contributed by atoms with Crippen LogP contribution in [0.25, 0.3) is 0 Å². The second kappa shape index (κ2) is 4.02. The topological polar surface area (TPSA) is 0 Å². The maximum atomic E-state index is 11.7. The van der Waals surface area contributed by atoms with E-state index in [0.29, 0.717) is 0 Å². The van der Waals surface area contributed by atoms with E-state index in [1.807, 2.05) is 0 Å². The zero-order valence-corrected chi connectivity index (χ0v) is 6.60. The predicted molar refractivity (Wildman–Crippen MR) is 35.1 cm³/mol. The van der Waals surface area contributed by atoms with E-state index in [1.165, 1.54) is 0 Å². The Balaban J connectivity index is 3.74. The van der Waals surface area contributed by atoms with Gasteiger partial charge in [0.05, 0.1) is 0 Å². The Morgan fingerprint density at radius 1 is 1.00 bits per heavy atom. The van der Waals surface area contributed by atoms with Gasteiger partial charge in [0, 0.05) is 12.0 Å². The first kappa shape index (κ1) is 12.3. The summed E-state index contributed by atoms with van der Waals surface area (Å²) >= 11 is 0. The normalized spacial score (nSPS) is 13.1. The summed E-state index contributed by atoms with van der Waals surface area (Å²) in [6, 6.07) is 0. The summed E-state index contributed by atoms with van der Waals surface area (Å²) in [5, 5.41) is 0. The van der Waals surface area contributed by atoms with Crippen LogP contribution in [0.4, 0.5) is 26.3 Å². The van der Waals surface area contributed by atoms with Crippen molar-refractivity contribution < 1.29 is 26.3 Å². The highest BCUT2D eigenvalue weighted by molar-refractivity contribution is 5.01. The third-order valence-electron chi connectivity index (χ3n) is 1.34. The number of allylic oxidation sites excluding steroid dienone is 1. The zero-order valence-electron chi connectivity index (χ0n) is 6.60. The van der Waals surface area contributed by atoms with Gasteiger partial charge in [0.25, 0.3) is 0 Å². The number of hydrogen-bond acceptors (Lipinski definition) is 0. The van der Waals surface area contributed by atoms with E-state index in [9.17, 15) is 26.3 Å². The van der Waals surface area contributed by atoms with Gasteiger partial charge in [-0.25, -0.2) is 0 Å². The lowest BCUT2D eigenvalue weighted by Gasteiger charge is -2.10. The fourth-order valence-electron chi connectivity index (χ4n) is 0.644. The molecule has 0 aromatic rings. The van der Waals surface area contributed by atoms with Crippen molar-refractivity contribution in [1.82, 2.24) is 0 Å². The minimum absolute atomic E-state index is 0.568. The Kier molecular flexibility index (Phi) is 3.81. The highest BCUT2D eigenvalue weighted by Crippen LogP contribution is 2.30. The molecule has 0 aromatic heterocycles. The maximum Gasteiger partial charge on any atom is 0.412 e. The summed E-state index contributed by atoms with van der Waals surface area (Å²) in [4.78, 5) is 0. The SMILES string of the molecule is C=C(CCCC(F)(F)F)C(F)(F)F. The predicted octanol–water partition coefficient (Wildman–Crippen LogP) is 3.84. The highest BCUT2D eigenvalue weighted by Gasteiger charge is 2.32. The third kappa shape index (κ3) is 6.48. The largest absolute Gasteiger partial charge is 0.412 e. The van der Waals surface area contributed by atoms with Crippen LogP contribution in [-0.2, 0) is 0 Å². The number of halogens is 6. The van der Waals surface area contributed by atoms with E-state index in [2.05, 4.69) is 6.58 Å². The Labute approximate surface area is 71.2 Å². The fourth-order valence-corrected chi connectivity index (χ4v) is 0.644. The molecule has 0 aliphatic heterocycles. The Morgan fingerprint density at radius 2 is 1.46 bits per heavy atom. The summed E-state index contributed by atoms with van der Waals surface area (Å²) in [7, 11) is 0. The van der Waals surface area contributed by atoms with Crippen LogP contribution in [-0.4, -0.2) is 12.4 Å². The standard InChI is InChI=1S/C7H8F6/c1-5(7(11,12)13)3-2-4-6(8,9)10/h1-4H2. The van der Waals surface area contributed by atoms with Crippen molar-refractivity contribution in [2.45, 2.75) is 31.6 Å². The lowest BCUT2D eigenvalue weighted by molar-refractivity contribution is -0.137. The number of hydrogen-bond donors (Lipinski definition) is 0. The molecule has 0 saturated heterocycles. The Bertz CT molecular complexity index is 174. The van der Waals surface area contributed by atoms with Crippen LogP contribution < -0.4 is 0 Å². The summed E-state index contributed by atoms with van der Waals surface area (Å²) in [5.41, 5.74) is -1.11. The molecule has 0 rings (SSSR count). The average Bonchev–Trinajstić information content (AvgIpc) is 1.82. The van der Waals surface area contributed by atoms with Crippen LogP contribution in [0.15, 0.2) is 12.2 Å². The van der Waals surface area contributed by atoms with E-state index >= 15 is 0 Å². The molecule has 0 aliphatic rings. The first-order chi connectivity index (χ1) is 5.63. The molecular formula is C7H8F6. The number of rotatable bonds is 3. The molecule has 0 spiro atoms. The Morgan fingerprint density at radius 3 is 1.77 bits per heavy atom. The molecule has 0 bridgehead atoms. The van der Waals surface area contributed by atoms with Crippen molar-refractivity contribution in [3.05, 3.63) is 12.2 Å². The van der Waals surface area contributed by atoms with E-state index in [0.717, 1.165) is 0 Å². The van der Waals surface area contributed by atoms with E-state index in [-0.39, 0.29) is 0 Å². The van der Waals surface area contributed by atoms with Crippen LogP contribution in [0.2, 0.25) is 0 Å². The molecule has 78 valence electrons. The van der Waals surface area contributed by atoms with Gasteiger partial charge in [0.2, 0.25) is 0 Å². The second-order valence-corrected chi connectivity index (χ2v) is 2.57. The molecule has 0 radical (unpaired) electrons. The van der Waals surface area contributed by atoms with Gasteiger partial charge in [-0.2, -0.15) is 26.3 Å². The van der Waals surface area contributed by atoms with Crippen LogP contribution in [0.1, 0.15) is 19.3 Å². The Hall–Kier alpha value is -0.680. The van der Waals surface area contributed by atoms with Crippen molar-refractivity contribution in [3.63, 3.8) is 0 Å². The van der Waals surface area contributed by atoms with Crippen LogP contribution in [0.3, 0.4) is 0 Å². The van der Waals surface area contributed by atoms with E-state index in [4.69, 9.17) is 0 Å². The van der Waals surface area contributed by atoms with Gasteiger partial charge in [-0.15, -0.1) is 0 Å². The first-order valence-electron chi connectivity index (χ1n) is 3.44. The molecule has 0 N–H and O–H groups in total. The van der Waals surface area contributed by atoms with E-state index in [1.54, 1.807) is 0 Å². The lowest BCUT2D eigenvalue weighted by atomic mass is 10.1. The molecule has 0 amide bonds. The summed E-state index contributed by atoms with van der Waals surface area (Å²) in [6.45, 7) is 2.65. The van der Waals surface area contributed by atoms with E-state index < -0.39 is 37.2 Å². The summed E-state index contributed by atoms with van der Waals surface area (Å²) < 4.78 is 69.5. The number of alkyl halides is 6. The average molecular weight is 206 g/mol. The minimum atomic E-state index is -4.58. The first-order valence-corrected chi connectivity index (χ1v) is 3.44. The fraction of sp³-hybridized carbons (Fsp3) is 0.714. The van der Waals surface area contributed by atoms with Gasteiger partial charge in [-0.05, 0) is 12.8 Å². The molecule has 0 heterocycles. The van der Waals surface area contributed by atoms with Gasteiger partial charge >= 0.3 is 12.4 Å². The van der Waals surface area contributed by atoms with Crippen molar-refractivity contribution in [2.24, 2.45) is 0 Å². The van der Waals surface area contributed by atoms with Crippen LogP contribution >= 0.6 is 0 Å². The van der Waals surface area contributed by atoms with Gasteiger partial charge in [-0.1, -0.05) is 6.58 Å². The monoisotopic (exact) mass is 206 g/mol. The molecule has 13 heavy (non-hydrogen) atoms. The van der Waals surface area contributed by atoms with Crippen molar-refractivity contribution in [1.29, 1.82) is 0 Å². The molecular weight excluding hydrogens is 198 g/mol. The van der Waals surface area contributed by atoms with Gasteiger partial charge in [0.1, 0.15) is 0 Å². The lowest BCUT2D eigenvalue weighted by Crippen LogP contribution is -2.12. The maximum absolute atomic E-state index is 11.7. The van der Waals surface area contributed by atoms with Gasteiger partial charge < -0.3 is 0 Å². The molecule has 6 heteroatoms. The molecule has 0 unspecified atom stereocenters. The summed E-state index contributed by atoms with van der Waals surface area (Å²) in [5.74, 6) is 0. The zero-order chi connectivity index (χ0) is 10.7. The molecule has 0 nitrogen and oxygen atoms in total. The van der Waals surface area contributed by atoms with Crippen molar-refractivity contribution in [2.75, 3.05) is 0 Å². The summed E-state index contributed by atoms with van der Waals surface area (Å²) in [6.07, 6.45) is -11.4. The molecule has 0 fully saturated rings. The molecule has 0 saturated carbocycles. The van der Waals surface area contributed by atoms with Crippen molar-refractivity contribution in [3.8, 4) is 0 Å². The van der Waals surface area contributed by atoms with Gasteiger partial charge in [-0.3, -0.25) is 0 Å². The molecule has 0 aromatic carbocycles. The molecule has 0 atom stereocenters. The minimum Gasteiger partial charge on any atom is -0.171 e. The van der Waals surface area contributed by atoms with Crippen LogP contribution in [0.5, 0.6) is 0 Å². The van der Waals surface area contributed by atoms with Gasteiger partial charge in [0.15, 0.2) is 0 Å². The second-order valence-electron chi connectivity index (χ2n) is 2.57. The third-order valence-corrected chi connectivity index (χ3v) is 1.34.